The fourth-order valence-corrected chi connectivity index (χ4v) is 3.30. The van der Waals surface area contributed by atoms with Crippen molar-refractivity contribution in [3.63, 3.8) is 0 Å². The maximum Gasteiger partial charge on any atom is 0.317 e. The Morgan fingerprint density at radius 2 is 1.95 bits per heavy atom. The minimum atomic E-state index is 0.0120. The van der Waals surface area contributed by atoms with Gasteiger partial charge >= 0.3 is 6.03 Å². The molecule has 6 heteroatoms. The van der Waals surface area contributed by atoms with Gasteiger partial charge in [-0.2, -0.15) is 16.9 Å². The van der Waals surface area contributed by atoms with E-state index in [1.54, 1.807) is 0 Å². The molecule has 5 nitrogen and oxygen atoms in total. The Morgan fingerprint density at radius 3 is 2.73 bits per heavy atom. The van der Waals surface area contributed by atoms with Gasteiger partial charge in [-0.05, 0) is 11.6 Å². The normalized spacial score (nSPS) is 14.8. The molecular formula is C16H20N4OS. The molecule has 2 heterocycles. The monoisotopic (exact) mass is 316 g/mol. The summed E-state index contributed by atoms with van der Waals surface area (Å²) in [5.74, 6) is 2.05. The van der Waals surface area contributed by atoms with Crippen LogP contribution in [-0.2, 0) is 13.1 Å². The summed E-state index contributed by atoms with van der Waals surface area (Å²) in [6, 6.07) is 12.2. The lowest BCUT2D eigenvalue weighted by molar-refractivity contribution is 0.202. The lowest BCUT2D eigenvalue weighted by Gasteiger charge is -2.26. The van der Waals surface area contributed by atoms with Gasteiger partial charge in [-0.3, -0.25) is 4.68 Å². The summed E-state index contributed by atoms with van der Waals surface area (Å²) in [6.45, 7) is 2.89. The van der Waals surface area contributed by atoms with E-state index < -0.39 is 0 Å². The van der Waals surface area contributed by atoms with Crippen molar-refractivity contribution >= 4 is 17.8 Å². The van der Waals surface area contributed by atoms with E-state index in [2.05, 4.69) is 22.5 Å². The SMILES string of the molecule is O=C(NCc1ccn(Cc2ccccc2)n1)N1CCSCC1. The van der Waals surface area contributed by atoms with E-state index in [-0.39, 0.29) is 6.03 Å². The Morgan fingerprint density at radius 1 is 1.18 bits per heavy atom. The van der Waals surface area contributed by atoms with Crippen LogP contribution >= 0.6 is 11.8 Å². The second-order valence-electron chi connectivity index (χ2n) is 5.25. The third-order valence-corrected chi connectivity index (χ3v) is 4.54. The molecule has 116 valence electrons. The minimum Gasteiger partial charge on any atom is -0.332 e. The number of amides is 2. The van der Waals surface area contributed by atoms with Crippen LogP contribution < -0.4 is 5.32 Å². The average Bonchev–Trinajstić information content (AvgIpc) is 3.02. The standard InChI is InChI=1S/C16H20N4OS/c21-16(19-8-10-22-11-9-19)17-12-15-6-7-20(18-15)13-14-4-2-1-3-5-14/h1-7H,8-13H2,(H,17,21). The largest absolute Gasteiger partial charge is 0.332 e. The highest BCUT2D eigenvalue weighted by atomic mass is 32.2. The molecule has 0 unspecified atom stereocenters. The number of hydrogen-bond donors (Lipinski definition) is 1. The maximum absolute atomic E-state index is 12.0. The molecule has 1 saturated heterocycles. The van der Waals surface area contributed by atoms with Crippen LogP contribution in [0.2, 0.25) is 0 Å². The van der Waals surface area contributed by atoms with Gasteiger partial charge < -0.3 is 10.2 Å². The van der Waals surface area contributed by atoms with Crippen LogP contribution in [0.5, 0.6) is 0 Å². The average molecular weight is 316 g/mol. The topological polar surface area (TPSA) is 50.2 Å². The number of carbonyl (C=O) groups excluding carboxylic acids is 1. The van der Waals surface area contributed by atoms with Gasteiger partial charge in [0.25, 0.3) is 0 Å². The molecule has 1 aliphatic rings. The molecule has 1 aromatic carbocycles. The molecule has 0 radical (unpaired) electrons. The number of rotatable bonds is 4. The van der Waals surface area contributed by atoms with Crippen molar-refractivity contribution in [3.8, 4) is 0 Å². The number of aromatic nitrogens is 2. The minimum absolute atomic E-state index is 0.0120. The molecule has 1 aromatic heterocycles. The summed E-state index contributed by atoms with van der Waals surface area (Å²) in [7, 11) is 0. The third-order valence-electron chi connectivity index (χ3n) is 3.60. The van der Waals surface area contributed by atoms with Gasteiger partial charge in [-0.15, -0.1) is 0 Å². The van der Waals surface area contributed by atoms with Crippen LogP contribution in [-0.4, -0.2) is 45.3 Å². The van der Waals surface area contributed by atoms with Gasteiger partial charge in [0.15, 0.2) is 0 Å². The third kappa shape index (κ3) is 4.04. The van der Waals surface area contributed by atoms with Crippen LogP contribution in [0.25, 0.3) is 0 Å². The predicted molar refractivity (Wildman–Crippen MR) is 88.9 cm³/mol. The second-order valence-corrected chi connectivity index (χ2v) is 6.47. The Bertz CT molecular complexity index is 608. The molecule has 0 aliphatic carbocycles. The van der Waals surface area contributed by atoms with Crippen molar-refractivity contribution in [2.24, 2.45) is 0 Å². The van der Waals surface area contributed by atoms with Crippen molar-refractivity contribution in [1.29, 1.82) is 0 Å². The highest BCUT2D eigenvalue weighted by Crippen LogP contribution is 2.09. The van der Waals surface area contributed by atoms with Crippen LogP contribution in [0, 0.1) is 0 Å². The van der Waals surface area contributed by atoms with E-state index in [1.807, 2.05) is 51.8 Å². The summed E-state index contributed by atoms with van der Waals surface area (Å²) in [5, 5.41) is 7.45. The summed E-state index contributed by atoms with van der Waals surface area (Å²) in [4.78, 5) is 13.9. The van der Waals surface area contributed by atoms with E-state index in [9.17, 15) is 4.79 Å². The van der Waals surface area contributed by atoms with Crippen LogP contribution in [0.3, 0.4) is 0 Å². The van der Waals surface area contributed by atoms with Crippen molar-refractivity contribution in [2.75, 3.05) is 24.6 Å². The molecule has 1 N–H and O–H groups in total. The first-order valence-corrected chi connectivity index (χ1v) is 8.63. The first kappa shape index (κ1) is 15.0. The van der Waals surface area contributed by atoms with Gasteiger partial charge in [-0.1, -0.05) is 30.3 Å². The van der Waals surface area contributed by atoms with Gasteiger partial charge in [0.1, 0.15) is 0 Å². The molecule has 0 bridgehead atoms. The van der Waals surface area contributed by atoms with E-state index in [1.165, 1.54) is 5.56 Å². The zero-order valence-corrected chi connectivity index (χ0v) is 13.3. The summed E-state index contributed by atoms with van der Waals surface area (Å²) >= 11 is 1.90. The van der Waals surface area contributed by atoms with Crippen LogP contribution in [0.4, 0.5) is 4.79 Å². The highest BCUT2D eigenvalue weighted by Gasteiger charge is 2.16. The van der Waals surface area contributed by atoms with Gasteiger partial charge in [0.2, 0.25) is 0 Å². The number of urea groups is 1. The molecule has 2 aromatic rings. The van der Waals surface area contributed by atoms with Gasteiger partial charge in [0.05, 0.1) is 18.8 Å². The van der Waals surface area contributed by atoms with Gasteiger partial charge in [-0.25, -0.2) is 4.79 Å². The Labute approximate surface area is 134 Å². The smallest absolute Gasteiger partial charge is 0.317 e. The van der Waals surface area contributed by atoms with Crippen molar-refractivity contribution < 1.29 is 4.79 Å². The molecule has 1 fully saturated rings. The van der Waals surface area contributed by atoms with E-state index in [0.717, 1.165) is 36.8 Å². The molecule has 22 heavy (non-hydrogen) atoms. The number of nitrogens with one attached hydrogen (secondary N) is 1. The number of benzene rings is 1. The van der Waals surface area contributed by atoms with E-state index >= 15 is 0 Å². The van der Waals surface area contributed by atoms with Gasteiger partial charge in [0, 0.05) is 30.8 Å². The van der Waals surface area contributed by atoms with Crippen LogP contribution in [0.1, 0.15) is 11.3 Å². The Balaban J connectivity index is 1.50. The lowest BCUT2D eigenvalue weighted by Crippen LogP contribution is -2.44. The van der Waals surface area contributed by atoms with Crippen molar-refractivity contribution in [1.82, 2.24) is 20.0 Å². The Kier molecular flexibility index (Phi) is 5.00. The molecule has 0 atom stereocenters. The van der Waals surface area contributed by atoms with Crippen molar-refractivity contribution in [3.05, 3.63) is 53.9 Å². The zero-order chi connectivity index (χ0) is 15.2. The number of carbonyl (C=O) groups is 1. The van der Waals surface area contributed by atoms with Crippen LogP contribution in [0.15, 0.2) is 42.6 Å². The molecule has 2 amide bonds. The Hall–Kier alpha value is -1.95. The highest BCUT2D eigenvalue weighted by molar-refractivity contribution is 7.99. The zero-order valence-electron chi connectivity index (χ0n) is 12.4. The molecular weight excluding hydrogens is 296 g/mol. The van der Waals surface area contributed by atoms with Crippen molar-refractivity contribution in [2.45, 2.75) is 13.1 Å². The quantitative estimate of drug-likeness (QED) is 0.941. The number of hydrogen-bond acceptors (Lipinski definition) is 3. The summed E-state index contributed by atoms with van der Waals surface area (Å²) < 4.78 is 1.90. The maximum atomic E-state index is 12.0. The summed E-state index contributed by atoms with van der Waals surface area (Å²) in [6.07, 6.45) is 1.95. The predicted octanol–water partition coefficient (Wildman–Crippen LogP) is 2.19. The summed E-state index contributed by atoms with van der Waals surface area (Å²) in [5.41, 5.74) is 2.10. The second kappa shape index (κ2) is 7.35. The molecule has 3 rings (SSSR count). The van der Waals surface area contributed by atoms with E-state index in [0.29, 0.717) is 6.54 Å². The molecule has 0 spiro atoms. The fourth-order valence-electron chi connectivity index (χ4n) is 2.40. The lowest BCUT2D eigenvalue weighted by atomic mass is 10.2. The number of thioether (sulfide) groups is 1. The fraction of sp³-hybridized carbons (Fsp3) is 0.375. The molecule has 1 aliphatic heterocycles. The first-order valence-electron chi connectivity index (χ1n) is 7.48. The number of nitrogens with zero attached hydrogens (tertiary/aromatic N) is 3. The van der Waals surface area contributed by atoms with E-state index in [4.69, 9.17) is 0 Å². The first-order chi connectivity index (χ1) is 10.8. The molecule has 0 saturated carbocycles.